The molecule has 1 saturated heterocycles. The fourth-order valence-corrected chi connectivity index (χ4v) is 2.49. The van der Waals surface area contributed by atoms with E-state index in [-0.39, 0.29) is 0 Å². The normalized spacial score (nSPS) is 25.7. The fourth-order valence-electron chi connectivity index (χ4n) is 2.49. The van der Waals surface area contributed by atoms with Gasteiger partial charge in [-0.15, -0.1) is 0 Å². The summed E-state index contributed by atoms with van der Waals surface area (Å²) in [6, 6.07) is 0.772. The predicted octanol–water partition coefficient (Wildman–Crippen LogP) is 1.67. The van der Waals surface area contributed by atoms with Crippen molar-refractivity contribution in [2.45, 2.75) is 45.1 Å². The second kappa shape index (κ2) is 6.74. The summed E-state index contributed by atoms with van der Waals surface area (Å²) in [4.78, 5) is 11.2. The number of likely N-dealkylation sites (tertiary alicyclic amines) is 1. The second-order valence-corrected chi connectivity index (χ2v) is 4.97. The minimum absolute atomic E-state index is 0.772. The minimum Gasteiger partial charge on any atom is -0.354 e. The van der Waals surface area contributed by atoms with Gasteiger partial charge >= 0.3 is 0 Å². The van der Waals surface area contributed by atoms with Gasteiger partial charge in [0.05, 0.1) is 0 Å². The van der Waals surface area contributed by atoms with Crippen molar-refractivity contribution in [1.82, 2.24) is 10.2 Å². The quantitative estimate of drug-likeness (QED) is 0.754. The lowest BCUT2D eigenvalue weighted by Gasteiger charge is -2.33. The van der Waals surface area contributed by atoms with E-state index in [1.165, 1.54) is 38.8 Å². The van der Waals surface area contributed by atoms with Crippen LogP contribution >= 0.6 is 0 Å². The molecule has 0 radical (unpaired) electrons. The number of hydrogen-bond donors (Lipinski definition) is 1. The summed E-state index contributed by atoms with van der Waals surface area (Å²) in [5.74, 6) is 0.822. The molecule has 0 aromatic heterocycles. The summed E-state index contributed by atoms with van der Waals surface area (Å²) in [6.45, 7) is 6.70. The van der Waals surface area contributed by atoms with E-state index in [0.29, 0.717) is 0 Å². The molecule has 0 aromatic carbocycles. The van der Waals surface area contributed by atoms with Crippen molar-refractivity contribution < 1.29 is 0 Å². The topological polar surface area (TPSA) is 40.0 Å². The lowest BCUT2D eigenvalue weighted by atomic mass is 10.0. The number of piperidine rings is 1. The van der Waals surface area contributed by atoms with Crippen LogP contribution in [0.5, 0.6) is 0 Å². The highest BCUT2D eigenvalue weighted by Crippen LogP contribution is 2.15. The van der Waals surface area contributed by atoms with Crippen molar-refractivity contribution in [3.8, 4) is 0 Å². The standard InChI is InChI=1S/C13H24N4/c1-12-6-2-3-10-17(12)11-5-9-16-13-14-7-4-8-15-13/h7,12H,2-6,8-11H2,1H3,(H,15,16). The van der Waals surface area contributed by atoms with Crippen LogP contribution in [0.4, 0.5) is 0 Å². The van der Waals surface area contributed by atoms with Crippen LogP contribution < -0.4 is 5.32 Å². The van der Waals surface area contributed by atoms with Gasteiger partial charge in [-0.25, -0.2) is 4.99 Å². The first-order valence-electron chi connectivity index (χ1n) is 6.91. The molecule has 0 saturated carbocycles. The summed E-state index contributed by atoms with van der Waals surface area (Å²) in [6.07, 6.45) is 8.25. The molecule has 1 unspecified atom stereocenters. The molecule has 1 atom stereocenters. The van der Waals surface area contributed by atoms with E-state index in [1.807, 2.05) is 6.21 Å². The molecule has 1 fully saturated rings. The Kier molecular flexibility index (Phi) is 4.98. The smallest absolute Gasteiger partial charge is 0.217 e. The first-order valence-corrected chi connectivity index (χ1v) is 6.91. The van der Waals surface area contributed by atoms with Crippen LogP contribution in [-0.2, 0) is 0 Å². The highest BCUT2D eigenvalue weighted by atomic mass is 15.2. The average Bonchev–Trinajstić information content (AvgIpc) is 2.38. The molecule has 1 N–H and O–H groups in total. The van der Waals surface area contributed by atoms with E-state index in [9.17, 15) is 0 Å². The average molecular weight is 236 g/mol. The van der Waals surface area contributed by atoms with Crippen molar-refractivity contribution in [2.75, 3.05) is 26.2 Å². The summed E-state index contributed by atoms with van der Waals surface area (Å²) < 4.78 is 0. The molecular weight excluding hydrogens is 212 g/mol. The SMILES string of the molecule is CC1CCCCN1CCCNC1=NCCC=N1. The zero-order valence-electron chi connectivity index (χ0n) is 10.9. The zero-order chi connectivity index (χ0) is 11.9. The Balaban J connectivity index is 1.59. The Morgan fingerprint density at radius 3 is 3.18 bits per heavy atom. The highest BCUT2D eigenvalue weighted by Gasteiger charge is 2.16. The van der Waals surface area contributed by atoms with E-state index in [0.717, 1.165) is 31.5 Å². The van der Waals surface area contributed by atoms with Crippen LogP contribution in [0, 0.1) is 0 Å². The molecular formula is C13H24N4. The maximum absolute atomic E-state index is 4.32. The van der Waals surface area contributed by atoms with Gasteiger partial charge in [0.25, 0.3) is 0 Å². The lowest BCUT2D eigenvalue weighted by Crippen LogP contribution is -2.39. The van der Waals surface area contributed by atoms with Gasteiger partial charge in [0.1, 0.15) is 0 Å². The Hall–Kier alpha value is -0.900. The fraction of sp³-hybridized carbons (Fsp3) is 0.846. The number of rotatable bonds is 4. The number of nitrogens with zero attached hydrogens (tertiary/aromatic N) is 3. The lowest BCUT2D eigenvalue weighted by molar-refractivity contribution is 0.159. The van der Waals surface area contributed by atoms with Gasteiger partial charge in [-0.3, -0.25) is 4.99 Å². The number of nitrogens with one attached hydrogen (secondary N) is 1. The molecule has 0 amide bonds. The molecule has 17 heavy (non-hydrogen) atoms. The molecule has 0 bridgehead atoms. The number of aliphatic imine (C=N–C) groups is 2. The van der Waals surface area contributed by atoms with E-state index in [1.54, 1.807) is 0 Å². The summed E-state index contributed by atoms with van der Waals surface area (Å²) in [5, 5.41) is 3.30. The van der Waals surface area contributed by atoms with Crippen LogP contribution in [-0.4, -0.2) is 49.3 Å². The molecule has 96 valence electrons. The molecule has 2 aliphatic rings. The van der Waals surface area contributed by atoms with Crippen LogP contribution in [0.3, 0.4) is 0 Å². The molecule has 0 aromatic rings. The van der Waals surface area contributed by atoms with Crippen molar-refractivity contribution >= 4 is 12.2 Å². The first-order chi connectivity index (χ1) is 8.36. The summed E-state index contributed by atoms with van der Waals surface area (Å²) in [7, 11) is 0. The van der Waals surface area contributed by atoms with Crippen LogP contribution in [0.2, 0.25) is 0 Å². The molecule has 4 nitrogen and oxygen atoms in total. The van der Waals surface area contributed by atoms with Crippen molar-refractivity contribution in [2.24, 2.45) is 9.98 Å². The van der Waals surface area contributed by atoms with Gasteiger partial charge in [0.2, 0.25) is 5.96 Å². The third-order valence-corrected chi connectivity index (χ3v) is 3.58. The van der Waals surface area contributed by atoms with Crippen molar-refractivity contribution in [1.29, 1.82) is 0 Å². The summed E-state index contributed by atoms with van der Waals surface area (Å²) in [5.41, 5.74) is 0. The van der Waals surface area contributed by atoms with E-state index < -0.39 is 0 Å². The Morgan fingerprint density at radius 2 is 2.41 bits per heavy atom. The van der Waals surface area contributed by atoms with Gasteiger partial charge in [-0.1, -0.05) is 6.42 Å². The van der Waals surface area contributed by atoms with Gasteiger partial charge in [-0.05, 0) is 32.7 Å². The molecule has 0 aliphatic carbocycles. The number of hydrogen-bond acceptors (Lipinski definition) is 4. The maximum Gasteiger partial charge on any atom is 0.217 e. The molecule has 4 heteroatoms. The monoisotopic (exact) mass is 236 g/mol. The summed E-state index contributed by atoms with van der Waals surface area (Å²) >= 11 is 0. The molecule has 2 aliphatic heterocycles. The highest BCUT2D eigenvalue weighted by molar-refractivity contribution is 5.89. The third kappa shape index (κ3) is 4.11. The molecule has 2 heterocycles. The first kappa shape index (κ1) is 12.6. The van der Waals surface area contributed by atoms with E-state index in [2.05, 4.69) is 27.1 Å². The number of guanidine groups is 1. The third-order valence-electron chi connectivity index (χ3n) is 3.58. The van der Waals surface area contributed by atoms with Gasteiger partial charge < -0.3 is 10.2 Å². The van der Waals surface area contributed by atoms with Gasteiger partial charge in [-0.2, -0.15) is 0 Å². The van der Waals surface area contributed by atoms with Gasteiger partial charge in [0, 0.05) is 38.3 Å². The molecule has 2 rings (SSSR count). The van der Waals surface area contributed by atoms with Crippen LogP contribution in [0.25, 0.3) is 0 Å². The Labute approximate surface area is 104 Å². The van der Waals surface area contributed by atoms with E-state index in [4.69, 9.17) is 0 Å². The van der Waals surface area contributed by atoms with Gasteiger partial charge in [0.15, 0.2) is 0 Å². The zero-order valence-corrected chi connectivity index (χ0v) is 10.9. The molecule has 0 spiro atoms. The van der Waals surface area contributed by atoms with Crippen molar-refractivity contribution in [3.05, 3.63) is 0 Å². The van der Waals surface area contributed by atoms with Crippen molar-refractivity contribution in [3.63, 3.8) is 0 Å². The van der Waals surface area contributed by atoms with Crippen LogP contribution in [0.15, 0.2) is 9.98 Å². The maximum atomic E-state index is 4.32. The minimum atomic E-state index is 0.772. The predicted molar refractivity (Wildman–Crippen MR) is 72.9 cm³/mol. The largest absolute Gasteiger partial charge is 0.354 e. The Bertz CT molecular complexity index is 285. The van der Waals surface area contributed by atoms with Crippen LogP contribution in [0.1, 0.15) is 39.0 Å². The Morgan fingerprint density at radius 1 is 1.47 bits per heavy atom. The van der Waals surface area contributed by atoms with E-state index >= 15 is 0 Å². The second-order valence-electron chi connectivity index (χ2n) is 4.97.